The molecule has 0 aliphatic carbocycles. The number of rotatable bonds is 8. The average molecular weight is 350 g/mol. The maximum absolute atomic E-state index is 12.8. The van der Waals surface area contributed by atoms with Gasteiger partial charge in [0.2, 0.25) is 11.8 Å². The third-order valence-corrected chi connectivity index (χ3v) is 5.58. The van der Waals surface area contributed by atoms with E-state index in [0.717, 1.165) is 23.4 Å². The number of methoxy groups -OCH3 is 1. The first kappa shape index (κ1) is 18.8. The summed E-state index contributed by atoms with van der Waals surface area (Å²) in [6, 6.07) is 7.88. The average Bonchev–Trinajstić information content (AvgIpc) is 2.59. The maximum Gasteiger partial charge on any atom is 0.238 e. The summed E-state index contributed by atoms with van der Waals surface area (Å²) in [6.45, 7) is 5.24. The third-order valence-electron chi connectivity index (χ3n) is 4.31. The molecular weight excluding hydrogens is 324 g/mol. The second kappa shape index (κ2) is 9.08. The standard InChI is InChI=1S/C18H26N2O3S/c1-4-13(5-2)20(10-11-23-3)17(21)12-16-18(22)19-14-8-6-7-9-15(14)24-16/h6-9,13,16H,4-5,10-12H2,1-3H3,(H,19,22). The van der Waals surface area contributed by atoms with Crippen LogP contribution < -0.4 is 5.32 Å². The lowest BCUT2D eigenvalue weighted by atomic mass is 10.1. The minimum atomic E-state index is -0.383. The molecular formula is C18H26N2O3S. The van der Waals surface area contributed by atoms with Crippen molar-refractivity contribution in [3.8, 4) is 0 Å². The van der Waals surface area contributed by atoms with Crippen LogP contribution >= 0.6 is 11.8 Å². The van der Waals surface area contributed by atoms with E-state index in [2.05, 4.69) is 19.2 Å². The first-order valence-electron chi connectivity index (χ1n) is 8.45. The Labute approximate surface area is 148 Å². The zero-order chi connectivity index (χ0) is 17.5. The summed E-state index contributed by atoms with van der Waals surface area (Å²) in [5.74, 6) is -0.0731. The monoisotopic (exact) mass is 350 g/mol. The largest absolute Gasteiger partial charge is 0.383 e. The summed E-state index contributed by atoms with van der Waals surface area (Å²) in [5.41, 5.74) is 0.826. The zero-order valence-electron chi connectivity index (χ0n) is 14.6. The molecule has 0 radical (unpaired) electrons. The van der Waals surface area contributed by atoms with Gasteiger partial charge in [-0.15, -0.1) is 11.8 Å². The van der Waals surface area contributed by atoms with Crippen molar-refractivity contribution in [3.63, 3.8) is 0 Å². The van der Waals surface area contributed by atoms with Crippen molar-refractivity contribution in [2.24, 2.45) is 0 Å². The summed E-state index contributed by atoms with van der Waals surface area (Å²) in [4.78, 5) is 28.0. The number of fused-ring (bicyclic) bond motifs is 1. The van der Waals surface area contributed by atoms with Gasteiger partial charge in [-0.25, -0.2) is 0 Å². The van der Waals surface area contributed by atoms with Crippen LogP contribution in [0.3, 0.4) is 0 Å². The molecule has 1 unspecified atom stereocenters. The van der Waals surface area contributed by atoms with E-state index in [9.17, 15) is 9.59 Å². The minimum absolute atomic E-state index is 0.0211. The Morgan fingerprint density at radius 1 is 1.33 bits per heavy atom. The second-order valence-electron chi connectivity index (χ2n) is 5.85. The summed E-state index contributed by atoms with van der Waals surface area (Å²) >= 11 is 1.47. The molecule has 1 aromatic carbocycles. The van der Waals surface area contributed by atoms with Crippen LogP contribution in [0, 0.1) is 0 Å². The number of anilines is 1. The van der Waals surface area contributed by atoms with Gasteiger partial charge in [-0.05, 0) is 25.0 Å². The van der Waals surface area contributed by atoms with Crippen LogP contribution in [0.25, 0.3) is 0 Å². The fraction of sp³-hybridized carbons (Fsp3) is 0.556. The van der Waals surface area contributed by atoms with Gasteiger partial charge in [-0.2, -0.15) is 0 Å². The van der Waals surface area contributed by atoms with E-state index in [-0.39, 0.29) is 29.5 Å². The third kappa shape index (κ3) is 4.51. The predicted molar refractivity (Wildman–Crippen MR) is 97.3 cm³/mol. The van der Waals surface area contributed by atoms with E-state index in [1.807, 2.05) is 29.2 Å². The SMILES string of the molecule is CCC(CC)N(CCOC)C(=O)CC1Sc2ccccc2NC1=O. The molecule has 1 atom stereocenters. The van der Waals surface area contributed by atoms with Crippen molar-refractivity contribution in [2.45, 2.75) is 49.3 Å². The molecule has 0 bridgehead atoms. The zero-order valence-corrected chi connectivity index (χ0v) is 15.4. The molecule has 132 valence electrons. The Balaban J connectivity index is 2.07. The Bertz CT molecular complexity index is 575. The maximum atomic E-state index is 12.8. The van der Waals surface area contributed by atoms with Gasteiger partial charge in [0.05, 0.1) is 17.5 Å². The fourth-order valence-corrected chi connectivity index (χ4v) is 4.03. The van der Waals surface area contributed by atoms with Gasteiger partial charge in [0, 0.05) is 31.0 Å². The van der Waals surface area contributed by atoms with E-state index in [4.69, 9.17) is 4.74 Å². The Kier molecular flexibility index (Phi) is 7.12. The number of nitrogens with zero attached hydrogens (tertiary/aromatic N) is 1. The van der Waals surface area contributed by atoms with Crippen LogP contribution in [0.5, 0.6) is 0 Å². The number of carbonyl (C=O) groups is 2. The number of ether oxygens (including phenoxy) is 1. The van der Waals surface area contributed by atoms with Crippen LogP contribution in [-0.4, -0.2) is 48.3 Å². The molecule has 1 aromatic rings. The van der Waals surface area contributed by atoms with Crippen molar-refractivity contribution in [3.05, 3.63) is 24.3 Å². The van der Waals surface area contributed by atoms with Crippen LogP contribution in [0.15, 0.2) is 29.2 Å². The molecule has 24 heavy (non-hydrogen) atoms. The Hall–Kier alpha value is -1.53. The van der Waals surface area contributed by atoms with Crippen molar-refractivity contribution in [1.82, 2.24) is 4.90 Å². The smallest absolute Gasteiger partial charge is 0.238 e. The van der Waals surface area contributed by atoms with Crippen LogP contribution in [0.1, 0.15) is 33.1 Å². The molecule has 0 saturated heterocycles. The lowest BCUT2D eigenvalue weighted by molar-refractivity contribution is -0.135. The first-order chi connectivity index (χ1) is 11.6. The van der Waals surface area contributed by atoms with E-state index >= 15 is 0 Å². The molecule has 0 spiro atoms. The van der Waals surface area contributed by atoms with Gasteiger partial charge in [0.15, 0.2) is 0 Å². The van der Waals surface area contributed by atoms with Crippen molar-refractivity contribution >= 4 is 29.3 Å². The minimum Gasteiger partial charge on any atom is -0.383 e. The molecule has 0 saturated carbocycles. The van der Waals surface area contributed by atoms with E-state index < -0.39 is 0 Å². The summed E-state index contributed by atoms with van der Waals surface area (Å²) < 4.78 is 5.14. The van der Waals surface area contributed by atoms with Crippen molar-refractivity contribution in [2.75, 3.05) is 25.6 Å². The van der Waals surface area contributed by atoms with E-state index in [1.165, 1.54) is 11.8 Å². The summed E-state index contributed by atoms with van der Waals surface area (Å²) in [7, 11) is 1.64. The molecule has 6 heteroatoms. The highest BCUT2D eigenvalue weighted by atomic mass is 32.2. The number of para-hydroxylation sites is 1. The fourth-order valence-electron chi connectivity index (χ4n) is 2.93. The molecule has 1 aliphatic heterocycles. The molecule has 0 fully saturated rings. The number of nitrogens with one attached hydrogen (secondary N) is 1. The Morgan fingerprint density at radius 3 is 2.71 bits per heavy atom. The predicted octanol–water partition coefficient (Wildman–Crippen LogP) is 3.15. The highest BCUT2D eigenvalue weighted by Crippen LogP contribution is 2.36. The lowest BCUT2D eigenvalue weighted by Crippen LogP contribution is -2.44. The molecule has 5 nitrogen and oxygen atoms in total. The highest BCUT2D eigenvalue weighted by Gasteiger charge is 2.31. The first-order valence-corrected chi connectivity index (χ1v) is 9.33. The topological polar surface area (TPSA) is 58.6 Å². The van der Waals surface area contributed by atoms with Gasteiger partial charge < -0.3 is 15.0 Å². The normalized spacial score (nSPS) is 16.7. The Morgan fingerprint density at radius 2 is 2.04 bits per heavy atom. The molecule has 1 aliphatic rings. The molecule has 2 rings (SSSR count). The van der Waals surface area contributed by atoms with E-state index in [1.54, 1.807) is 7.11 Å². The van der Waals surface area contributed by atoms with Crippen LogP contribution in [0.2, 0.25) is 0 Å². The molecule has 0 aromatic heterocycles. The van der Waals surface area contributed by atoms with Gasteiger partial charge in [0.25, 0.3) is 0 Å². The number of hydrogen-bond donors (Lipinski definition) is 1. The summed E-state index contributed by atoms with van der Waals surface area (Å²) in [5, 5.41) is 2.52. The molecule has 1 heterocycles. The number of amides is 2. The van der Waals surface area contributed by atoms with Gasteiger partial charge in [-0.1, -0.05) is 26.0 Å². The van der Waals surface area contributed by atoms with Crippen LogP contribution in [-0.2, 0) is 14.3 Å². The number of thioether (sulfide) groups is 1. The second-order valence-corrected chi connectivity index (χ2v) is 7.09. The molecule has 2 amide bonds. The number of hydrogen-bond acceptors (Lipinski definition) is 4. The number of carbonyl (C=O) groups excluding carboxylic acids is 2. The van der Waals surface area contributed by atoms with Gasteiger partial charge in [0.1, 0.15) is 0 Å². The van der Waals surface area contributed by atoms with Gasteiger partial charge in [-0.3, -0.25) is 9.59 Å². The quantitative estimate of drug-likeness (QED) is 0.782. The van der Waals surface area contributed by atoms with Crippen LogP contribution in [0.4, 0.5) is 5.69 Å². The highest BCUT2D eigenvalue weighted by molar-refractivity contribution is 8.01. The van der Waals surface area contributed by atoms with Gasteiger partial charge >= 0.3 is 0 Å². The molecule has 1 N–H and O–H groups in total. The lowest BCUT2D eigenvalue weighted by Gasteiger charge is -2.32. The summed E-state index contributed by atoms with van der Waals surface area (Å²) in [6.07, 6.45) is 2.02. The van der Waals surface area contributed by atoms with E-state index in [0.29, 0.717) is 13.2 Å². The van der Waals surface area contributed by atoms with Crippen molar-refractivity contribution < 1.29 is 14.3 Å². The van der Waals surface area contributed by atoms with Crippen molar-refractivity contribution in [1.29, 1.82) is 0 Å². The number of benzene rings is 1.